The second-order valence-corrected chi connectivity index (χ2v) is 9.91. The van der Waals surface area contributed by atoms with Crippen molar-refractivity contribution in [2.45, 2.75) is 23.6 Å². The lowest BCUT2D eigenvalue weighted by Gasteiger charge is -2.54. The lowest BCUT2D eigenvalue weighted by Crippen LogP contribution is -2.57. The van der Waals surface area contributed by atoms with Crippen molar-refractivity contribution in [3.8, 4) is 0 Å². The smallest absolute Gasteiger partial charge is 0.240 e. The zero-order valence-electron chi connectivity index (χ0n) is 17.0. The maximum Gasteiger partial charge on any atom is 0.240 e. The van der Waals surface area contributed by atoms with E-state index in [9.17, 15) is 9.59 Å². The number of imide groups is 1. The van der Waals surface area contributed by atoms with Gasteiger partial charge in [-0.25, -0.2) is 4.90 Å². The minimum absolute atomic E-state index is 0.281. The highest BCUT2D eigenvalue weighted by Gasteiger charge is 2.73. The highest BCUT2D eigenvalue weighted by Crippen LogP contribution is 2.69. The van der Waals surface area contributed by atoms with E-state index < -0.39 is 21.6 Å². The summed E-state index contributed by atoms with van der Waals surface area (Å²) in [5.41, 5.74) is 5.64. The number of carbonyl (C=O) groups is 2. The molecule has 3 nitrogen and oxygen atoms in total. The van der Waals surface area contributed by atoms with Crippen LogP contribution in [0, 0.1) is 25.7 Å². The minimum Gasteiger partial charge on any atom is -0.274 e. The summed E-state index contributed by atoms with van der Waals surface area (Å²) in [6, 6.07) is 21.1. The molecule has 31 heavy (non-hydrogen) atoms. The Morgan fingerprint density at radius 1 is 0.645 bits per heavy atom. The van der Waals surface area contributed by atoms with Gasteiger partial charge in [-0.1, -0.05) is 66.7 Å². The van der Waals surface area contributed by atoms with E-state index in [4.69, 9.17) is 23.2 Å². The molecule has 0 radical (unpaired) electrons. The maximum atomic E-state index is 14.0. The molecule has 1 heterocycles. The highest BCUT2D eigenvalue weighted by atomic mass is 35.5. The average Bonchev–Trinajstić information content (AvgIpc) is 3.04. The fraction of sp³-hybridized carbons (Fsp3) is 0.231. The van der Waals surface area contributed by atoms with Crippen molar-refractivity contribution >= 4 is 40.7 Å². The van der Waals surface area contributed by atoms with Gasteiger partial charge in [0.1, 0.15) is 9.75 Å². The summed E-state index contributed by atoms with van der Waals surface area (Å²) in [5, 5.41) is 0. The number of benzene rings is 3. The van der Waals surface area contributed by atoms with Crippen LogP contribution in [0.15, 0.2) is 66.7 Å². The number of halogens is 2. The van der Waals surface area contributed by atoms with Crippen LogP contribution in [0.4, 0.5) is 5.69 Å². The molecule has 1 fully saturated rings. The van der Waals surface area contributed by atoms with E-state index in [0.717, 1.165) is 33.4 Å². The molecule has 1 aliphatic heterocycles. The molecule has 0 saturated carbocycles. The fourth-order valence-corrected chi connectivity index (χ4v) is 7.14. The lowest BCUT2D eigenvalue weighted by molar-refractivity contribution is -0.122. The van der Waals surface area contributed by atoms with Gasteiger partial charge in [-0.15, -0.1) is 23.2 Å². The molecule has 5 heteroatoms. The van der Waals surface area contributed by atoms with E-state index in [0.29, 0.717) is 5.69 Å². The summed E-state index contributed by atoms with van der Waals surface area (Å²) in [6.07, 6.45) is 0. The van der Waals surface area contributed by atoms with Gasteiger partial charge in [0.2, 0.25) is 11.8 Å². The Morgan fingerprint density at radius 2 is 1.00 bits per heavy atom. The minimum atomic E-state index is -1.15. The normalized spacial score (nSPS) is 30.3. The number of rotatable bonds is 1. The second kappa shape index (κ2) is 5.99. The summed E-state index contributed by atoms with van der Waals surface area (Å²) < 4.78 is 0. The molecule has 2 amide bonds. The third-order valence-corrected chi connectivity index (χ3v) is 8.53. The molecule has 0 spiro atoms. The third-order valence-electron chi connectivity index (χ3n) is 7.25. The number of carbonyl (C=O) groups excluding carboxylic acids is 2. The summed E-state index contributed by atoms with van der Waals surface area (Å²) in [6.45, 7) is 3.83. The maximum absolute atomic E-state index is 14.0. The van der Waals surface area contributed by atoms with Crippen molar-refractivity contribution in [1.82, 2.24) is 0 Å². The molecule has 3 aromatic carbocycles. The molecule has 0 N–H and O–H groups in total. The second-order valence-electron chi connectivity index (χ2n) is 8.72. The van der Waals surface area contributed by atoms with E-state index in [1.54, 1.807) is 0 Å². The van der Waals surface area contributed by atoms with Gasteiger partial charge in [-0.05, 0) is 47.2 Å². The number of nitrogens with zero attached hydrogens (tertiary/aromatic N) is 1. The van der Waals surface area contributed by atoms with Crippen LogP contribution in [0.3, 0.4) is 0 Å². The molecule has 3 aliphatic carbocycles. The van der Waals surface area contributed by atoms with Crippen molar-refractivity contribution in [3.05, 3.63) is 100 Å². The van der Waals surface area contributed by atoms with Crippen LogP contribution in [0.5, 0.6) is 0 Å². The molecule has 0 aromatic heterocycles. The van der Waals surface area contributed by atoms with Gasteiger partial charge in [-0.2, -0.15) is 0 Å². The molecular weight excluding hydrogens is 429 g/mol. The zero-order chi connectivity index (χ0) is 21.7. The predicted octanol–water partition coefficient (Wildman–Crippen LogP) is 5.40. The van der Waals surface area contributed by atoms with E-state index in [2.05, 4.69) is 0 Å². The Morgan fingerprint density at radius 3 is 1.35 bits per heavy atom. The van der Waals surface area contributed by atoms with Gasteiger partial charge in [0.25, 0.3) is 0 Å². The fourth-order valence-electron chi connectivity index (χ4n) is 6.05. The number of anilines is 1. The molecule has 154 valence electrons. The van der Waals surface area contributed by atoms with Gasteiger partial charge < -0.3 is 0 Å². The quantitative estimate of drug-likeness (QED) is 0.369. The summed E-state index contributed by atoms with van der Waals surface area (Å²) in [4.78, 5) is 27.0. The monoisotopic (exact) mass is 447 g/mol. The standard InChI is InChI=1S/C26H19Cl2NO2/c1-14-8-7-9-15(2)22(14)29-23(30)20-21(24(29)31)26(28)17-11-4-3-10-16(17)25(20,27)18-12-5-6-13-19(18)26/h3-13,20-21H,1-2H3/t20-,21+,25?,26?. The first-order chi connectivity index (χ1) is 14.8. The number of para-hydroxylation sites is 1. The van der Waals surface area contributed by atoms with Crippen molar-refractivity contribution in [3.63, 3.8) is 0 Å². The van der Waals surface area contributed by atoms with E-state index in [1.165, 1.54) is 4.90 Å². The highest BCUT2D eigenvalue weighted by molar-refractivity contribution is 6.38. The molecule has 2 bridgehead atoms. The number of aryl methyl sites for hydroxylation is 2. The third kappa shape index (κ3) is 2.02. The number of hydrogen-bond donors (Lipinski definition) is 0. The van der Waals surface area contributed by atoms with Gasteiger partial charge in [0, 0.05) is 0 Å². The van der Waals surface area contributed by atoms with Crippen LogP contribution in [-0.2, 0) is 19.3 Å². The molecule has 3 aromatic rings. The Hall–Kier alpha value is -2.62. The van der Waals surface area contributed by atoms with E-state index >= 15 is 0 Å². The van der Waals surface area contributed by atoms with Gasteiger partial charge in [0.05, 0.1) is 17.5 Å². The van der Waals surface area contributed by atoms with Gasteiger partial charge in [-0.3, -0.25) is 9.59 Å². The van der Waals surface area contributed by atoms with Crippen molar-refractivity contribution in [1.29, 1.82) is 0 Å². The molecule has 1 saturated heterocycles. The van der Waals surface area contributed by atoms with Crippen LogP contribution in [-0.4, -0.2) is 11.8 Å². The molecular formula is C26H19Cl2NO2. The van der Waals surface area contributed by atoms with Crippen LogP contribution >= 0.6 is 23.2 Å². The predicted molar refractivity (Wildman–Crippen MR) is 122 cm³/mol. The van der Waals surface area contributed by atoms with E-state index in [-0.39, 0.29) is 11.8 Å². The molecule has 2 atom stereocenters. The lowest BCUT2D eigenvalue weighted by atomic mass is 9.54. The van der Waals surface area contributed by atoms with Crippen LogP contribution in [0.2, 0.25) is 0 Å². The van der Waals surface area contributed by atoms with Crippen LogP contribution in [0.1, 0.15) is 33.4 Å². The van der Waals surface area contributed by atoms with Crippen LogP contribution < -0.4 is 4.90 Å². The largest absolute Gasteiger partial charge is 0.274 e. The summed E-state index contributed by atoms with van der Waals surface area (Å²) in [5.74, 6) is -2.11. The Labute approximate surface area is 190 Å². The van der Waals surface area contributed by atoms with Crippen LogP contribution in [0.25, 0.3) is 0 Å². The molecule has 0 unspecified atom stereocenters. The first-order valence-electron chi connectivity index (χ1n) is 10.3. The van der Waals surface area contributed by atoms with Crippen molar-refractivity contribution in [2.24, 2.45) is 11.8 Å². The SMILES string of the molecule is Cc1cccc(C)c1N1C(=O)[C@@H]2[C@H](C1=O)C1(Cl)c3ccccc3C2(Cl)c2ccccc21. The first-order valence-corrected chi connectivity index (χ1v) is 11.1. The number of amides is 2. The summed E-state index contributed by atoms with van der Waals surface area (Å²) in [7, 11) is 0. The van der Waals surface area contributed by atoms with E-state index in [1.807, 2.05) is 80.6 Å². The van der Waals surface area contributed by atoms with Gasteiger partial charge >= 0.3 is 0 Å². The molecule has 4 aliphatic rings. The Balaban J connectivity index is 1.68. The zero-order valence-corrected chi connectivity index (χ0v) is 18.5. The molecule has 7 rings (SSSR count). The van der Waals surface area contributed by atoms with Gasteiger partial charge in [0.15, 0.2) is 0 Å². The average molecular weight is 448 g/mol. The van der Waals surface area contributed by atoms with Crippen molar-refractivity contribution < 1.29 is 9.59 Å². The number of hydrogen-bond acceptors (Lipinski definition) is 2. The van der Waals surface area contributed by atoms with Crippen molar-refractivity contribution in [2.75, 3.05) is 4.90 Å². The Bertz CT molecular complexity index is 1170. The number of alkyl halides is 2. The Kier molecular flexibility index (Phi) is 3.69. The topological polar surface area (TPSA) is 37.4 Å². The first kappa shape index (κ1) is 19.1. The summed E-state index contributed by atoms with van der Waals surface area (Å²) >= 11 is 14.9.